The van der Waals surface area contributed by atoms with Crippen molar-refractivity contribution in [1.29, 1.82) is 0 Å². The van der Waals surface area contributed by atoms with E-state index < -0.39 is 0 Å². The minimum atomic E-state index is -0.374. The molecule has 78 valence electrons. The van der Waals surface area contributed by atoms with Crippen LogP contribution in [0.5, 0.6) is 0 Å². The lowest BCUT2D eigenvalue weighted by Gasteiger charge is -2.31. The van der Waals surface area contributed by atoms with Crippen molar-refractivity contribution in [3.63, 3.8) is 0 Å². The predicted molar refractivity (Wildman–Crippen MR) is 55.3 cm³/mol. The van der Waals surface area contributed by atoms with Gasteiger partial charge in [-0.05, 0) is 11.4 Å². The maximum atomic E-state index is 12.4. The molecule has 1 aliphatic heterocycles. The van der Waals surface area contributed by atoms with Gasteiger partial charge >= 0.3 is 0 Å². The molecular weight excluding hydrogens is 201 g/mol. The van der Waals surface area contributed by atoms with Gasteiger partial charge in [0.1, 0.15) is 6.67 Å². The molecule has 0 radical (unpaired) electrons. The Bertz CT molecular complexity index is 265. The average molecular weight is 215 g/mol. The number of ether oxygens (including phenoxy) is 1. The highest BCUT2D eigenvalue weighted by Gasteiger charge is 2.20. The molecule has 1 atom stereocenters. The molecule has 0 aromatic carbocycles. The Hall–Kier alpha value is -0.450. The van der Waals surface area contributed by atoms with E-state index in [9.17, 15) is 4.39 Å². The average Bonchev–Trinajstić information content (AvgIpc) is 2.71. The van der Waals surface area contributed by atoms with Crippen molar-refractivity contribution in [3.05, 3.63) is 22.4 Å². The SMILES string of the molecule is FCC1CN(Cc2cccs2)CCO1. The van der Waals surface area contributed by atoms with Crippen LogP contribution in [0.15, 0.2) is 17.5 Å². The van der Waals surface area contributed by atoms with E-state index in [-0.39, 0.29) is 12.8 Å². The molecule has 1 fully saturated rings. The Labute approximate surface area is 87.3 Å². The molecule has 2 heterocycles. The lowest BCUT2D eigenvalue weighted by molar-refractivity contribution is -0.0409. The van der Waals surface area contributed by atoms with Crippen molar-refractivity contribution >= 4 is 11.3 Å². The smallest absolute Gasteiger partial charge is 0.117 e. The van der Waals surface area contributed by atoms with Crippen molar-refractivity contribution in [1.82, 2.24) is 4.90 Å². The van der Waals surface area contributed by atoms with Crippen LogP contribution in [0.25, 0.3) is 0 Å². The summed E-state index contributed by atoms with van der Waals surface area (Å²) in [6.07, 6.45) is -0.219. The first-order chi connectivity index (χ1) is 6.88. The molecular formula is C10H14FNOS. The van der Waals surface area contributed by atoms with Gasteiger partial charge in [0.15, 0.2) is 0 Å². The number of morpholine rings is 1. The van der Waals surface area contributed by atoms with E-state index >= 15 is 0 Å². The van der Waals surface area contributed by atoms with E-state index in [1.807, 2.05) is 6.07 Å². The van der Waals surface area contributed by atoms with Crippen LogP contribution in [0, 0.1) is 0 Å². The summed E-state index contributed by atoms with van der Waals surface area (Å²) in [5.41, 5.74) is 0. The van der Waals surface area contributed by atoms with Gasteiger partial charge in [-0.15, -0.1) is 11.3 Å². The Morgan fingerprint density at radius 3 is 3.29 bits per heavy atom. The van der Waals surface area contributed by atoms with Gasteiger partial charge in [0.2, 0.25) is 0 Å². The third-order valence-electron chi connectivity index (χ3n) is 2.35. The molecule has 1 saturated heterocycles. The van der Waals surface area contributed by atoms with Crippen LogP contribution < -0.4 is 0 Å². The van der Waals surface area contributed by atoms with E-state index in [2.05, 4.69) is 16.3 Å². The molecule has 0 N–H and O–H groups in total. The summed E-state index contributed by atoms with van der Waals surface area (Å²) in [4.78, 5) is 3.59. The van der Waals surface area contributed by atoms with Crippen LogP contribution in [0.1, 0.15) is 4.88 Å². The Kier molecular flexibility index (Phi) is 3.50. The minimum Gasteiger partial charge on any atom is -0.373 e. The zero-order chi connectivity index (χ0) is 9.80. The monoisotopic (exact) mass is 215 g/mol. The number of rotatable bonds is 3. The third-order valence-corrected chi connectivity index (χ3v) is 3.22. The molecule has 1 aromatic rings. The summed E-state index contributed by atoms with van der Waals surface area (Å²) in [5.74, 6) is 0. The fourth-order valence-electron chi connectivity index (χ4n) is 1.64. The standard InChI is InChI=1S/C10H14FNOS/c11-6-9-7-12(3-4-13-9)8-10-2-1-5-14-10/h1-2,5,9H,3-4,6-8H2. The van der Waals surface area contributed by atoms with Crippen molar-refractivity contribution in [2.24, 2.45) is 0 Å². The van der Waals surface area contributed by atoms with Crippen molar-refractivity contribution in [3.8, 4) is 0 Å². The normalized spacial score (nSPS) is 23.9. The highest BCUT2D eigenvalue weighted by molar-refractivity contribution is 7.09. The van der Waals surface area contributed by atoms with Crippen molar-refractivity contribution < 1.29 is 9.13 Å². The minimum absolute atomic E-state index is 0.219. The largest absolute Gasteiger partial charge is 0.373 e. The molecule has 14 heavy (non-hydrogen) atoms. The van der Waals surface area contributed by atoms with Crippen LogP contribution in [0.3, 0.4) is 0 Å². The number of nitrogens with zero attached hydrogens (tertiary/aromatic N) is 1. The third kappa shape index (κ3) is 2.53. The molecule has 0 amide bonds. The highest BCUT2D eigenvalue weighted by atomic mass is 32.1. The van der Waals surface area contributed by atoms with Crippen molar-refractivity contribution in [2.45, 2.75) is 12.6 Å². The molecule has 1 aromatic heterocycles. The number of alkyl halides is 1. The van der Waals surface area contributed by atoms with Crippen LogP contribution in [0.4, 0.5) is 4.39 Å². The molecule has 4 heteroatoms. The first-order valence-corrected chi connectivity index (χ1v) is 5.69. The summed E-state index contributed by atoms with van der Waals surface area (Å²) in [7, 11) is 0. The van der Waals surface area contributed by atoms with Gasteiger partial charge < -0.3 is 4.74 Å². The zero-order valence-electron chi connectivity index (χ0n) is 7.99. The number of hydrogen-bond donors (Lipinski definition) is 0. The molecule has 0 aliphatic carbocycles. The van der Waals surface area contributed by atoms with E-state index in [1.54, 1.807) is 11.3 Å². The lowest BCUT2D eigenvalue weighted by Crippen LogP contribution is -2.42. The van der Waals surface area contributed by atoms with Gasteiger partial charge in [0.25, 0.3) is 0 Å². The van der Waals surface area contributed by atoms with Crippen LogP contribution in [-0.2, 0) is 11.3 Å². The van der Waals surface area contributed by atoms with Gasteiger partial charge in [0, 0.05) is 24.5 Å². The Balaban J connectivity index is 1.86. The first kappa shape index (κ1) is 10.1. The molecule has 2 rings (SSSR count). The van der Waals surface area contributed by atoms with Gasteiger partial charge in [0.05, 0.1) is 12.7 Å². The van der Waals surface area contributed by atoms with E-state index in [0.717, 1.165) is 13.1 Å². The Morgan fingerprint density at radius 1 is 1.64 bits per heavy atom. The van der Waals surface area contributed by atoms with Crippen molar-refractivity contribution in [2.75, 3.05) is 26.4 Å². The lowest BCUT2D eigenvalue weighted by atomic mass is 10.3. The molecule has 1 unspecified atom stereocenters. The second kappa shape index (κ2) is 4.87. The fraction of sp³-hybridized carbons (Fsp3) is 0.600. The summed E-state index contributed by atoms with van der Waals surface area (Å²) >= 11 is 1.75. The topological polar surface area (TPSA) is 12.5 Å². The Morgan fingerprint density at radius 2 is 2.57 bits per heavy atom. The maximum absolute atomic E-state index is 12.4. The highest BCUT2D eigenvalue weighted by Crippen LogP contribution is 2.14. The van der Waals surface area contributed by atoms with Gasteiger partial charge in [-0.25, -0.2) is 4.39 Å². The molecule has 0 bridgehead atoms. The van der Waals surface area contributed by atoms with Gasteiger partial charge in [-0.1, -0.05) is 6.07 Å². The summed E-state index contributed by atoms with van der Waals surface area (Å²) < 4.78 is 17.6. The number of thiophene rings is 1. The van der Waals surface area contributed by atoms with Gasteiger partial charge in [-0.2, -0.15) is 0 Å². The van der Waals surface area contributed by atoms with E-state index in [0.29, 0.717) is 13.2 Å². The fourth-order valence-corrected chi connectivity index (χ4v) is 2.39. The molecule has 0 spiro atoms. The van der Waals surface area contributed by atoms with E-state index in [4.69, 9.17) is 4.74 Å². The number of hydrogen-bond acceptors (Lipinski definition) is 3. The van der Waals surface area contributed by atoms with Crippen LogP contribution >= 0.6 is 11.3 Å². The maximum Gasteiger partial charge on any atom is 0.117 e. The summed E-state index contributed by atoms with van der Waals surface area (Å²) in [6.45, 7) is 2.83. The molecule has 2 nitrogen and oxygen atoms in total. The zero-order valence-corrected chi connectivity index (χ0v) is 8.80. The second-order valence-electron chi connectivity index (χ2n) is 3.46. The quantitative estimate of drug-likeness (QED) is 0.763. The molecule has 0 saturated carbocycles. The summed E-state index contributed by atoms with van der Waals surface area (Å²) in [5, 5.41) is 2.07. The van der Waals surface area contributed by atoms with E-state index in [1.165, 1.54) is 4.88 Å². The molecule has 1 aliphatic rings. The van der Waals surface area contributed by atoms with Crippen LogP contribution in [0.2, 0.25) is 0 Å². The first-order valence-electron chi connectivity index (χ1n) is 4.81. The summed E-state index contributed by atoms with van der Waals surface area (Å²) in [6, 6.07) is 4.16. The predicted octanol–water partition coefficient (Wildman–Crippen LogP) is 1.92. The van der Waals surface area contributed by atoms with Gasteiger partial charge in [-0.3, -0.25) is 4.90 Å². The number of halogens is 1. The second-order valence-corrected chi connectivity index (χ2v) is 4.49. The van der Waals surface area contributed by atoms with Crippen LogP contribution in [-0.4, -0.2) is 37.4 Å².